The fraction of sp³-hybridized carbons (Fsp3) is 0.364. The molecule has 2 aromatic carbocycles. The molecule has 7 rings (SSSR count). The van der Waals surface area contributed by atoms with Crippen molar-refractivity contribution in [1.29, 1.82) is 0 Å². The van der Waals surface area contributed by atoms with Crippen molar-refractivity contribution in [3.8, 4) is 28.2 Å². The number of aromatic nitrogens is 2. The molecule has 68 heavy (non-hydrogen) atoms. The first-order chi connectivity index (χ1) is 32.4. The average Bonchev–Trinajstić information content (AvgIpc) is 3.80. The van der Waals surface area contributed by atoms with Crippen LogP contribution in [0, 0.1) is 6.92 Å². The van der Waals surface area contributed by atoms with Crippen molar-refractivity contribution in [2.75, 3.05) is 25.5 Å². The zero-order chi connectivity index (χ0) is 48.9. The number of aryl methyl sites for hydroxylation is 1. The van der Waals surface area contributed by atoms with Gasteiger partial charge in [-0.2, -0.15) is 0 Å². The molecule has 1 aromatic heterocycles. The number of ether oxygens (including phenoxy) is 1. The number of aliphatic hydroxyl groups is 1. The normalized spacial score (nSPS) is 19.1. The number of nitrogens with zero attached hydrogens (tertiary/aromatic N) is 2. The number of phenols is 1. The molecule has 4 heterocycles. The van der Waals surface area contributed by atoms with E-state index in [1.165, 1.54) is 67.7 Å². The molecule has 2 fully saturated rings. The number of hydrogen-bond donors (Lipinski definition) is 6. The van der Waals surface area contributed by atoms with E-state index in [0.29, 0.717) is 42.2 Å². The molecular weight excluding hydrogens is 934 g/mol. The Balaban J connectivity index is 0.805. The third-order valence-corrected chi connectivity index (χ3v) is 13.4. The number of aromatic hydroxyl groups is 1. The van der Waals surface area contributed by atoms with Gasteiger partial charge in [0.15, 0.2) is 5.43 Å². The molecule has 0 radical (unpaired) electrons. The molecule has 5 atom stereocenters. The SMILES string of the molecule is Cc1cn([C@H]2C[C@@H](O)[C@@H](COP(=O)([O-])OCCSC3CC(=O)N(CCCCCCC(=O)NNC(=O)c4ccc(C(=O)O)c(-c5c6ccc(=O)cc-6oc6cc(O)ccc56)c4)C3=O)O2)c(=O)[nH]c1=O. The van der Waals surface area contributed by atoms with Crippen LogP contribution in [-0.2, 0) is 32.7 Å². The van der Waals surface area contributed by atoms with E-state index < -0.39 is 73.1 Å². The van der Waals surface area contributed by atoms with Gasteiger partial charge in [-0.1, -0.05) is 12.8 Å². The van der Waals surface area contributed by atoms with Crippen molar-refractivity contribution in [2.45, 2.75) is 75.6 Å². The predicted octanol–water partition coefficient (Wildman–Crippen LogP) is 2.55. The molecule has 3 aromatic rings. The lowest BCUT2D eigenvalue weighted by atomic mass is 9.89. The third-order valence-electron chi connectivity index (χ3n) is 11.2. The number of aliphatic hydroxyl groups excluding tert-OH is 1. The first-order valence-electron chi connectivity index (χ1n) is 21.3. The number of unbranched alkanes of at least 4 members (excludes halogenated alkanes) is 3. The Kier molecular flexibility index (Phi) is 15.4. The lowest BCUT2D eigenvalue weighted by Gasteiger charge is -2.25. The number of hydrogen-bond acceptors (Lipinski definition) is 17. The molecule has 1 aliphatic carbocycles. The molecule has 0 saturated carbocycles. The van der Waals surface area contributed by atoms with E-state index in [2.05, 4.69) is 15.8 Å². The number of fused-ring (bicyclic) bond motifs is 2. The molecule has 22 nitrogen and oxygen atoms in total. The van der Waals surface area contributed by atoms with Gasteiger partial charge in [0.1, 0.15) is 29.4 Å². The lowest BCUT2D eigenvalue weighted by molar-refractivity contribution is -0.228. The summed E-state index contributed by atoms with van der Waals surface area (Å²) < 4.78 is 34.7. The van der Waals surface area contributed by atoms with Gasteiger partial charge in [0.05, 0.1) is 30.1 Å². The number of thioether (sulfide) groups is 1. The minimum absolute atomic E-state index is 0.00938. The number of benzene rings is 3. The van der Waals surface area contributed by atoms with Gasteiger partial charge >= 0.3 is 11.7 Å². The number of H-pyrrole nitrogens is 1. The zero-order valence-corrected chi connectivity index (χ0v) is 37.9. The highest BCUT2D eigenvalue weighted by Crippen LogP contribution is 2.43. The van der Waals surface area contributed by atoms with E-state index in [1.54, 1.807) is 0 Å². The van der Waals surface area contributed by atoms with Gasteiger partial charge in [0.25, 0.3) is 19.3 Å². The number of phenolic OH excluding ortho intramolecular Hbond substituents is 1. The highest BCUT2D eigenvalue weighted by Gasteiger charge is 2.39. The Morgan fingerprint density at radius 2 is 1.75 bits per heavy atom. The summed E-state index contributed by atoms with van der Waals surface area (Å²) in [5.74, 6) is -3.29. The van der Waals surface area contributed by atoms with Crippen LogP contribution in [0.15, 0.2) is 79.6 Å². The number of carboxylic acid groups (broad SMARTS) is 1. The summed E-state index contributed by atoms with van der Waals surface area (Å²) >= 11 is 1.05. The average molecular weight is 979 g/mol. The summed E-state index contributed by atoms with van der Waals surface area (Å²) in [6.45, 7) is 0.651. The summed E-state index contributed by atoms with van der Waals surface area (Å²) in [4.78, 5) is 115. The number of nitrogens with one attached hydrogen (secondary N) is 3. The van der Waals surface area contributed by atoms with E-state index in [-0.39, 0.29) is 88.8 Å². The number of amides is 4. The van der Waals surface area contributed by atoms with Gasteiger partial charge in [-0.05, 0) is 67.8 Å². The van der Waals surface area contributed by atoms with Crippen molar-refractivity contribution in [3.05, 3.63) is 109 Å². The monoisotopic (exact) mass is 978 g/mol. The van der Waals surface area contributed by atoms with Crippen LogP contribution in [0.3, 0.4) is 0 Å². The number of imide groups is 1. The largest absolute Gasteiger partial charge is 0.756 e. The number of carbonyl (C=O) groups excluding carboxylic acids is 4. The molecule has 2 unspecified atom stereocenters. The fourth-order valence-corrected chi connectivity index (χ4v) is 9.63. The van der Waals surface area contributed by atoms with E-state index in [1.807, 2.05) is 0 Å². The van der Waals surface area contributed by atoms with Gasteiger partial charge in [0.2, 0.25) is 17.7 Å². The predicted molar refractivity (Wildman–Crippen MR) is 240 cm³/mol. The third kappa shape index (κ3) is 11.6. The second-order valence-electron chi connectivity index (χ2n) is 16.0. The van der Waals surface area contributed by atoms with Crippen LogP contribution < -0.4 is 32.4 Å². The molecule has 4 aliphatic rings. The van der Waals surface area contributed by atoms with Crippen LogP contribution >= 0.6 is 19.6 Å². The molecule has 6 N–H and O–H groups in total. The van der Waals surface area contributed by atoms with Crippen LogP contribution in [0.4, 0.5) is 0 Å². The Morgan fingerprint density at radius 3 is 2.53 bits per heavy atom. The van der Waals surface area contributed by atoms with Crippen molar-refractivity contribution in [2.24, 2.45) is 0 Å². The van der Waals surface area contributed by atoms with Crippen LogP contribution in [0.25, 0.3) is 33.4 Å². The summed E-state index contributed by atoms with van der Waals surface area (Å²) in [6, 6.07) is 12.1. The smallest absolute Gasteiger partial charge is 0.336 e. The van der Waals surface area contributed by atoms with Gasteiger partial charge in [-0.15, -0.1) is 11.8 Å². The van der Waals surface area contributed by atoms with Crippen LogP contribution in [0.2, 0.25) is 0 Å². The molecule has 24 heteroatoms. The van der Waals surface area contributed by atoms with Crippen LogP contribution in [-0.4, -0.2) is 102 Å². The Bertz CT molecular complexity index is 2970. The number of hydrazine groups is 1. The number of carboxylic acids is 1. The quantitative estimate of drug-likeness (QED) is 0.0228. The minimum atomic E-state index is -4.88. The molecular formula is C44H45N5O17PS-. The summed E-state index contributed by atoms with van der Waals surface area (Å²) in [5, 5.41) is 30.2. The van der Waals surface area contributed by atoms with Crippen molar-refractivity contribution < 1.29 is 67.0 Å². The number of rotatable bonds is 19. The maximum atomic E-state index is 13.2. The first kappa shape index (κ1) is 49.4. The molecule has 360 valence electrons. The molecule has 2 saturated heterocycles. The maximum Gasteiger partial charge on any atom is 0.336 e. The molecule has 4 amide bonds. The number of phosphoric ester groups is 1. The zero-order valence-electron chi connectivity index (χ0n) is 36.2. The highest BCUT2D eigenvalue weighted by atomic mass is 32.2. The van der Waals surface area contributed by atoms with Crippen molar-refractivity contribution >= 4 is 60.2 Å². The number of phosphoric acid groups is 1. The van der Waals surface area contributed by atoms with E-state index in [0.717, 1.165) is 21.2 Å². The number of aromatic amines is 1. The summed E-state index contributed by atoms with van der Waals surface area (Å²) in [5.41, 5.74) is 4.08. The standard InChI is InChI=1S/C44H46N5O17PS/c1-23-21-49(44(60)45-40(23)55)38-19-31(52)34(66-38)22-64-67(61,62)63-14-15-68-35-20-37(54)48(42(35)57)13-5-3-2-4-6-36(53)46-47-41(56)24-7-10-27(43(58)59)30(16-24)39-28-11-8-25(50)17-32(28)65-33-18-26(51)9-12-29(33)39/h7-12,16-18,21,31,34-35,38,50,52H,2-6,13-15,19-20,22H2,1H3,(H,46,53)(H,47,56)(H,58,59)(H,61,62)(H,45,55,60)/p-1/t31-,34-,35?,38-/m1/s1. The topological polar surface area (TPSA) is 326 Å². The van der Waals surface area contributed by atoms with Gasteiger partial charge in [-0.25, -0.2) is 9.59 Å². The van der Waals surface area contributed by atoms with E-state index in [4.69, 9.17) is 18.2 Å². The second-order valence-corrected chi connectivity index (χ2v) is 18.7. The lowest BCUT2D eigenvalue weighted by Crippen LogP contribution is -2.41. The minimum Gasteiger partial charge on any atom is -0.756 e. The number of likely N-dealkylation sites (tertiary alicyclic amines) is 1. The van der Waals surface area contributed by atoms with Crippen LogP contribution in [0.5, 0.6) is 5.75 Å². The maximum absolute atomic E-state index is 13.2. The Labute approximate surface area is 389 Å². The van der Waals surface area contributed by atoms with Gasteiger partial charge in [-0.3, -0.25) is 58.6 Å². The fourth-order valence-electron chi connectivity index (χ4n) is 7.79. The highest BCUT2D eigenvalue weighted by molar-refractivity contribution is 8.00. The molecule has 0 bridgehead atoms. The second kappa shape index (κ2) is 21.2. The summed E-state index contributed by atoms with van der Waals surface area (Å²) in [6.07, 6.45) is -0.120. The number of aromatic carboxylic acids is 1. The van der Waals surface area contributed by atoms with Crippen LogP contribution in [0.1, 0.15) is 77.5 Å². The molecule has 3 aliphatic heterocycles. The van der Waals surface area contributed by atoms with Crippen molar-refractivity contribution in [1.82, 2.24) is 25.3 Å². The Morgan fingerprint density at radius 1 is 0.971 bits per heavy atom. The van der Waals surface area contributed by atoms with E-state index in [9.17, 15) is 63.1 Å². The van der Waals surface area contributed by atoms with E-state index >= 15 is 0 Å². The van der Waals surface area contributed by atoms with Gasteiger partial charge < -0.3 is 38.4 Å². The summed E-state index contributed by atoms with van der Waals surface area (Å²) in [7, 11) is -4.88. The molecule has 0 spiro atoms. The van der Waals surface area contributed by atoms with Gasteiger partial charge in [0, 0.05) is 77.5 Å². The Hall–Kier alpha value is -6.46. The number of carbonyl (C=O) groups is 5. The van der Waals surface area contributed by atoms with Crippen molar-refractivity contribution in [3.63, 3.8) is 0 Å². The first-order valence-corrected chi connectivity index (χ1v) is 23.8.